The third-order valence-corrected chi connectivity index (χ3v) is 3.94. The van der Waals surface area contributed by atoms with Crippen molar-refractivity contribution in [3.8, 4) is 0 Å². The Balaban J connectivity index is 2.10. The van der Waals surface area contributed by atoms with Gasteiger partial charge in [-0.05, 0) is 0 Å². The first-order valence-electron chi connectivity index (χ1n) is 4.88. The van der Waals surface area contributed by atoms with E-state index in [-0.39, 0.29) is 18.1 Å². The maximum atomic E-state index is 11.1. The maximum absolute atomic E-state index is 11.1. The van der Waals surface area contributed by atoms with Crippen LogP contribution in [0, 0.1) is 0 Å². The van der Waals surface area contributed by atoms with Gasteiger partial charge < -0.3 is 15.3 Å². The number of aliphatic hydroxyl groups excluding tert-OH is 1. The third-order valence-electron chi connectivity index (χ3n) is 2.33. The number of nitrogens with zero attached hydrogens (tertiary/aromatic N) is 1. The zero-order chi connectivity index (χ0) is 10.4. The second-order valence-corrected chi connectivity index (χ2v) is 5.77. The molecule has 5 nitrogen and oxygen atoms in total. The van der Waals surface area contributed by atoms with Gasteiger partial charge in [0.2, 0.25) is 0 Å². The monoisotopic (exact) mass is 222 g/mol. The van der Waals surface area contributed by atoms with Gasteiger partial charge in [0.25, 0.3) is 0 Å². The van der Waals surface area contributed by atoms with Gasteiger partial charge in [-0.3, -0.25) is 0 Å². The fourth-order valence-corrected chi connectivity index (χ4v) is 2.69. The first-order chi connectivity index (χ1) is 6.64. The number of aliphatic hydroxyl groups is 1. The van der Waals surface area contributed by atoms with Gasteiger partial charge in [0.1, 0.15) is 0 Å². The van der Waals surface area contributed by atoms with Crippen LogP contribution in [0.1, 0.15) is 0 Å². The van der Waals surface area contributed by atoms with Gasteiger partial charge in [-0.2, -0.15) is 0 Å². The predicted octanol–water partition coefficient (Wildman–Crippen LogP) is -1.70. The number of hydrogen-bond donors (Lipinski definition) is 2. The fraction of sp³-hybridized carbons (Fsp3) is 1.00. The smallest absolute Gasteiger partial charge is 0.152 e. The molecule has 0 bridgehead atoms. The summed E-state index contributed by atoms with van der Waals surface area (Å²) in [5, 5.41) is 11.6. The molecule has 0 spiro atoms. The van der Waals surface area contributed by atoms with Crippen LogP contribution in [-0.2, 0) is 9.84 Å². The molecule has 1 saturated heterocycles. The minimum atomic E-state index is -2.75. The van der Waals surface area contributed by atoms with Gasteiger partial charge in [0.05, 0.1) is 18.1 Å². The third kappa shape index (κ3) is 4.36. The van der Waals surface area contributed by atoms with E-state index >= 15 is 0 Å². The molecule has 14 heavy (non-hydrogen) atoms. The van der Waals surface area contributed by atoms with Crippen LogP contribution in [0.3, 0.4) is 0 Å². The fourth-order valence-electron chi connectivity index (χ4n) is 1.42. The van der Waals surface area contributed by atoms with Crippen LogP contribution in [0.15, 0.2) is 0 Å². The van der Waals surface area contributed by atoms with E-state index in [0.29, 0.717) is 19.6 Å². The van der Waals surface area contributed by atoms with Crippen molar-refractivity contribution in [1.82, 2.24) is 10.2 Å². The van der Waals surface area contributed by atoms with Crippen LogP contribution >= 0.6 is 0 Å². The number of hydrogen-bond acceptors (Lipinski definition) is 5. The molecule has 0 aromatic carbocycles. The number of nitrogens with one attached hydrogen (secondary N) is 1. The van der Waals surface area contributed by atoms with Gasteiger partial charge >= 0.3 is 0 Å². The Hall–Kier alpha value is -0.170. The summed E-state index contributed by atoms with van der Waals surface area (Å²) < 4.78 is 22.2. The minimum Gasteiger partial charge on any atom is -0.395 e. The lowest BCUT2D eigenvalue weighted by atomic mass is 10.4. The van der Waals surface area contributed by atoms with Gasteiger partial charge in [0.15, 0.2) is 9.84 Å². The largest absolute Gasteiger partial charge is 0.395 e. The Morgan fingerprint density at radius 3 is 2.43 bits per heavy atom. The van der Waals surface area contributed by atoms with Crippen LogP contribution < -0.4 is 5.32 Å². The molecule has 0 aliphatic carbocycles. The van der Waals surface area contributed by atoms with Crippen LogP contribution in [0.25, 0.3) is 0 Å². The van der Waals surface area contributed by atoms with E-state index in [1.165, 1.54) is 0 Å². The molecule has 0 amide bonds. The lowest BCUT2D eigenvalue weighted by Gasteiger charge is -2.26. The molecule has 1 rings (SSSR count). The van der Waals surface area contributed by atoms with Gasteiger partial charge in [-0.15, -0.1) is 0 Å². The summed E-state index contributed by atoms with van der Waals surface area (Å²) in [6.45, 7) is 3.70. The molecule has 1 fully saturated rings. The molecule has 1 heterocycles. The lowest BCUT2D eigenvalue weighted by molar-refractivity contribution is 0.272. The van der Waals surface area contributed by atoms with E-state index < -0.39 is 9.84 Å². The summed E-state index contributed by atoms with van der Waals surface area (Å²) in [5.74, 6) is 0.569. The first kappa shape index (κ1) is 11.9. The van der Waals surface area contributed by atoms with Crippen LogP contribution in [0.2, 0.25) is 0 Å². The molecular weight excluding hydrogens is 204 g/mol. The Morgan fingerprint density at radius 1 is 1.21 bits per heavy atom. The Labute approximate surface area is 85.0 Å². The maximum Gasteiger partial charge on any atom is 0.152 e. The van der Waals surface area contributed by atoms with Crippen molar-refractivity contribution in [3.63, 3.8) is 0 Å². The van der Waals surface area contributed by atoms with Crippen molar-refractivity contribution in [2.75, 3.05) is 50.8 Å². The van der Waals surface area contributed by atoms with Crippen molar-refractivity contribution in [2.45, 2.75) is 0 Å². The predicted molar refractivity (Wildman–Crippen MR) is 55.0 cm³/mol. The molecular formula is C8H18N2O3S. The SMILES string of the molecule is O=S1(=O)CCN(CCNCCO)CC1. The van der Waals surface area contributed by atoms with Crippen LogP contribution in [0.5, 0.6) is 0 Å². The Kier molecular flexibility index (Phi) is 4.80. The summed E-state index contributed by atoms with van der Waals surface area (Å²) in [4.78, 5) is 2.13. The summed E-state index contributed by atoms with van der Waals surface area (Å²) in [7, 11) is -2.75. The van der Waals surface area contributed by atoms with E-state index in [9.17, 15) is 8.42 Å². The van der Waals surface area contributed by atoms with Gasteiger partial charge in [-0.25, -0.2) is 8.42 Å². The average molecular weight is 222 g/mol. The molecule has 84 valence electrons. The topological polar surface area (TPSA) is 69.6 Å². The van der Waals surface area contributed by atoms with Crippen molar-refractivity contribution in [2.24, 2.45) is 0 Å². The van der Waals surface area contributed by atoms with Crippen LogP contribution in [-0.4, -0.2) is 69.3 Å². The zero-order valence-corrected chi connectivity index (χ0v) is 9.09. The standard InChI is InChI=1S/C8H18N2O3S/c11-6-2-9-1-3-10-4-7-14(12,13)8-5-10/h9,11H,1-8H2. The average Bonchev–Trinajstić information content (AvgIpc) is 2.15. The van der Waals surface area contributed by atoms with Crippen LogP contribution in [0.4, 0.5) is 0 Å². The summed E-state index contributed by atoms with van der Waals surface area (Å²) in [5.41, 5.74) is 0. The molecule has 2 N–H and O–H groups in total. The Morgan fingerprint density at radius 2 is 1.86 bits per heavy atom. The molecule has 0 aromatic heterocycles. The van der Waals surface area contributed by atoms with Crippen molar-refractivity contribution in [1.29, 1.82) is 0 Å². The molecule has 1 aliphatic rings. The molecule has 0 saturated carbocycles. The highest BCUT2D eigenvalue weighted by Crippen LogP contribution is 2.02. The first-order valence-corrected chi connectivity index (χ1v) is 6.70. The highest BCUT2D eigenvalue weighted by Gasteiger charge is 2.20. The Bertz CT molecular complexity index is 239. The second-order valence-electron chi connectivity index (χ2n) is 3.47. The molecule has 0 radical (unpaired) electrons. The van der Waals surface area contributed by atoms with Crippen molar-refractivity contribution >= 4 is 9.84 Å². The van der Waals surface area contributed by atoms with Gasteiger partial charge in [-0.1, -0.05) is 0 Å². The molecule has 6 heteroatoms. The second kappa shape index (κ2) is 5.65. The highest BCUT2D eigenvalue weighted by atomic mass is 32.2. The highest BCUT2D eigenvalue weighted by molar-refractivity contribution is 7.91. The molecule has 0 atom stereocenters. The summed E-state index contributed by atoms with van der Waals surface area (Å²) >= 11 is 0. The molecule has 0 aromatic rings. The number of rotatable bonds is 5. The van der Waals surface area contributed by atoms with Crippen molar-refractivity contribution < 1.29 is 13.5 Å². The van der Waals surface area contributed by atoms with E-state index in [0.717, 1.165) is 13.1 Å². The quantitative estimate of drug-likeness (QED) is 0.543. The zero-order valence-electron chi connectivity index (χ0n) is 8.28. The van der Waals surface area contributed by atoms with E-state index in [2.05, 4.69) is 10.2 Å². The summed E-state index contributed by atoms with van der Waals surface area (Å²) in [6, 6.07) is 0. The molecule has 0 unspecified atom stereocenters. The summed E-state index contributed by atoms with van der Waals surface area (Å²) in [6.07, 6.45) is 0. The normalized spacial score (nSPS) is 22.4. The van der Waals surface area contributed by atoms with E-state index in [1.807, 2.05) is 0 Å². The lowest BCUT2D eigenvalue weighted by Crippen LogP contribution is -2.43. The van der Waals surface area contributed by atoms with E-state index in [1.54, 1.807) is 0 Å². The molecule has 1 aliphatic heterocycles. The van der Waals surface area contributed by atoms with E-state index in [4.69, 9.17) is 5.11 Å². The minimum absolute atomic E-state index is 0.147. The van der Waals surface area contributed by atoms with Crippen molar-refractivity contribution in [3.05, 3.63) is 0 Å². The van der Waals surface area contributed by atoms with Gasteiger partial charge in [0, 0.05) is 32.7 Å². The number of sulfone groups is 1.